The highest BCUT2D eigenvalue weighted by Crippen LogP contribution is 2.11. The predicted molar refractivity (Wildman–Crippen MR) is 77.1 cm³/mol. The van der Waals surface area contributed by atoms with Crippen LogP contribution < -0.4 is 10.1 Å². The van der Waals surface area contributed by atoms with Crippen LogP contribution in [0.2, 0.25) is 0 Å². The highest BCUT2D eigenvalue weighted by Gasteiger charge is 2.01. The van der Waals surface area contributed by atoms with Crippen molar-refractivity contribution >= 4 is 0 Å². The summed E-state index contributed by atoms with van der Waals surface area (Å²) in [5.41, 5.74) is 1.27. The van der Waals surface area contributed by atoms with E-state index in [1.807, 2.05) is 12.1 Å². The second kappa shape index (κ2) is 8.11. The molecule has 0 fully saturated rings. The SMILES string of the molecule is COc1cccc(CNCCCN(C)C(C)C)c1. The summed E-state index contributed by atoms with van der Waals surface area (Å²) in [6.45, 7) is 7.55. The molecule has 1 N–H and O–H groups in total. The second-order valence-electron chi connectivity index (χ2n) is 4.96. The van der Waals surface area contributed by atoms with Crippen LogP contribution in [0, 0.1) is 0 Å². The van der Waals surface area contributed by atoms with E-state index < -0.39 is 0 Å². The van der Waals surface area contributed by atoms with Crippen LogP contribution in [0.4, 0.5) is 0 Å². The maximum Gasteiger partial charge on any atom is 0.119 e. The average molecular weight is 250 g/mol. The van der Waals surface area contributed by atoms with Gasteiger partial charge in [0.05, 0.1) is 7.11 Å². The van der Waals surface area contributed by atoms with Gasteiger partial charge in [0.1, 0.15) is 5.75 Å². The molecule has 102 valence electrons. The molecule has 0 bridgehead atoms. The summed E-state index contributed by atoms with van der Waals surface area (Å²) in [6, 6.07) is 8.83. The molecule has 0 aromatic heterocycles. The number of benzene rings is 1. The van der Waals surface area contributed by atoms with Crippen LogP contribution in [-0.2, 0) is 6.54 Å². The molecule has 0 aliphatic heterocycles. The summed E-state index contributed by atoms with van der Waals surface area (Å²) < 4.78 is 5.21. The van der Waals surface area contributed by atoms with Crippen molar-refractivity contribution in [1.29, 1.82) is 0 Å². The van der Waals surface area contributed by atoms with Gasteiger partial charge >= 0.3 is 0 Å². The zero-order valence-electron chi connectivity index (χ0n) is 12.1. The van der Waals surface area contributed by atoms with Gasteiger partial charge in [0.25, 0.3) is 0 Å². The van der Waals surface area contributed by atoms with Gasteiger partial charge in [-0.05, 0) is 58.1 Å². The minimum Gasteiger partial charge on any atom is -0.497 e. The van der Waals surface area contributed by atoms with Crippen molar-refractivity contribution < 1.29 is 4.74 Å². The standard InChI is InChI=1S/C15H26N2O/c1-13(2)17(3)10-6-9-16-12-14-7-5-8-15(11-14)18-4/h5,7-8,11,13,16H,6,9-10,12H2,1-4H3. The van der Waals surface area contributed by atoms with E-state index in [0.717, 1.165) is 25.4 Å². The molecule has 0 atom stereocenters. The first-order valence-electron chi connectivity index (χ1n) is 6.67. The lowest BCUT2D eigenvalue weighted by molar-refractivity contribution is 0.269. The number of hydrogen-bond acceptors (Lipinski definition) is 3. The lowest BCUT2D eigenvalue weighted by atomic mass is 10.2. The molecule has 3 nitrogen and oxygen atoms in total. The van der Waals surface area contributed by atoms with Gasteiger partial charge in [-0.25, -0.2) is 0 Å². The summed E-state index contributed by atoms with van der Waals surface area (Å²) in [5, 5.41) is 3.47. The monoisotopic (exact) mass is 250 g/mol. The van der Waals surface area contributed by atoms with Gasteiger partial charge in [0, 0.05) is 12.6 Å². The summed E-state index contributed by atoms with van der Waals surface area (Å²) in [7, 11) is 3.88. The molecule has 0 amide bonds. The molecule has 1 aromatic rings. The number of nitrogens with zero attached hydrogens (tertiary/aromatic N) is 1. The minimum atomic E-state index is 0.628. The van der Waals surface area contributed by atoms with Gasteiger partial charge in [-0.1, -0.05) is 12.1 Å². The van der Waals surface area contributed by atoms with E-state index in [-0.39, 0.29) is 0 Å². The van der Waals surface area contributed by atoms with Crippen molar-refractivity contribution in [1.82, 2.24) is 10.2 Å². The van der Waals surface area contributed by atoms with E-state index in [9.17, 15) is 0 Å². The molecule has 1 aromatic carbocycles. The van der Waals surface area contributed by atoms with E-state index in [0.29, 0.717) is 6.04 Å². The number of rotatable bonds is 8. The third-order valence-electron chi connectivity index (χ3n) is 3.21. The Balaban J connectivity index is 2.17. The average Bonchev–Trinajstić information content (AvgIpc) is 2.38. The Hall–Kier alpha value is -1.06. The lowest BCUT2D eigenvalue weighted by Crippen LogP contribution is -2.29. The first kappa shape index (κ1) is 15.0. The quantitative estimate of drug-likeness (QED) is 0.718. The van der Waals surface area contributed by atoms with E-state index in [4.69, 9.17) is 4.74 Å². The van der Waals surface area contributed by atoms with Gasteiger partial charge in [-0.15, -0.1) is 0 Å². The third kappa shape index (κ3) is 5.52. The van der Waals surface area contributed by atoms with Crippen molar-refractivity contribution in [2.75, 3.05) is 27.2 Å². The maximum atomic E-state index is 5.21. The van der Waals surface area contributed by atoms with Crippen molar-refractivity contribution in [3.8, 4) is 5.75 Å². The molecular formula is C15H26N2O. The van der Waals surface area contributed by atoms with Crippen molar-refractivity contribution in [3.05, 3.63) is 29.8 Å². The highest BCUT2D eigenvalue weighted by atomic mass is 16.5. The Morgan fingerprint density at radius 1 is 1.33 bits per heavy atom. The molecule has 0 aliphatic carbocycles. The van der Waals surface area contributed by atoms with Gasteiger partial charge in [0.2, 0.25) is 0 Å². The fourth-order valence-electron chi connectivity index (χ4n) is 1.73. The van der Waals surface area contributed by atoms with Gasteiger partial charge in [-0.3, -0.25) is 0 Å². The summed E-state index contributed by atoms with van der Waals surface area (Å²) in [5.74, 6) is 0.925. The Morgan fingerprint density at radius 2 is 2.11 bits per heavy atom. The Kier molecular flexibility index (Phi) is 6.76. The molecule has 0 radical (unpaired) electrons. The fraction of sp³-hybridized carbons (Fsp3) is 0.600. The Bertz CT molecular complexity index is 339. The fourth-order valence-corrected chi connectivity index (χ4v) is 1.73. The van der Waals surface area contributed by atoms with Crippen LogP contribution in [0.15, 0.2) is 24.3 Å². The summed E-state index contributed by atoms with van der Waals surface area (Å²) in [4.78, 5) is 2.37. The van der Waals surface area contributed by atoms with Gasteiger partial charge < -0.3 is 15.0 Å². The van der Waals surface area contributed by atoms with Gasteiger partial charge in [0.15, 0.2) is 0 Å². The molecule has 0 spiro atoms. The van der Waals surface area contributed by atoms with Crippen LogP contribution in [-0.4, -0.2) is 38.2 Å². The first-order chi connectivity index (χ1) is 8.63. The summed E-state index contributed by atoms with van der Waals surface area (Å²) in [6.07, 6.45) is 1.18. The normalized spacial score (nSPS) is 11.2. The number of hydrogen-bond donors (Lipinski definition) is 1. The zero-order valence-corrected chi connectivity index (χ0v) is 12.1. The Morgan fingerprint density at radius 3 is 2.78 bits per heavy atom. The van der Waals surface area contributed by atoms with Crippen LogP contribution in [0.25, 0.3) is 0 Å². The van der Waals surface area contributed by atoms with Crippen LogP contribution in [0.1, 0.15) is 25.8 Å². The number of methoxy groups -OCH3 is 1. The smallest absolute Gasteiger partial charge is 0.119 e. The number of nitrogens with one attached hydrogen (secondary N) is 1. The topological polar surface area (TPSA) is 24.5 Å². The maximum absolute atomic E-state index is 5.21. The highest BCUT2D eigenvalue weighted by molar-refractivity contribution is 5.28. The van der Waals surface area contributed by atoms with E-state index in [1.54, 1.807) is 7.11 Å². The predicted octanol–water partition coefficient (Wildman–Crippen LogP) is 2.52. The molecule has 3 heteroatoms. The second-order valence-corrected chi connectivity index (χ2v) is 4.96. The van der Waals surface area contributed by atoms with Crippen molar-refractivity contribution in [2.24, 2.45) is 0 Å². The van der Waals surface area contributed by atoms with E-state index >= 15 is 0 Å². The molecule has 18 heavy (non-hydrogen) atoms. The molecular weight excluding hydrogens is 224 g/mol. The van der Waals surface area contributed by atoms with Crippen LogP contribution >= 0.6 is 0 Å². The zero-order chi connectivity index (χ0) is 13.4. The molecule has 0 saturated heterocycles. The lowest BCUT2D eigenvalue weighted by Gasteiger charge is -2.20. The minimum absolute atomic E-state index is 0.628. The summed E-state index contributed by atoms with van der Waals surface area (Å²) >= 11 is 0. The van der Waals surface area contributed by atoms with Crippen molar-refractivity contribution in [2.45, 2.75) is 32.9 Å². The molecule has 0 saturated carbocycles. The van der Waals surface area contributed by atoms with Crippen LogP contribution in [0.5, 0.6) is 5.75 Å². The van der Waals surface area contributed by atoms with E-state index in [1.165, 1.54) is 12.0 Å². The molecule has 0 aliphatic rings. The number of ether oxygens (including phenoxy) is 1. The molecule has 1 rings (SSSR count). The largest absolute Gasteiger partial charge is 0.497 e. The van der Waals surface area contributed by atoms with Crippen molar-refractivity contribution in [3.63, 3.8) is 0 Å². The molecule has 0 unspecified atom stereocenters. The van der Waals surface area contributed by atoms with E-state index in [2.05, 4.69) is 43.2 Å². The van der Waals surface area contributed by atoms with Crippen LogP contribution in [0.3, 0.4) is 0 Å². The Labute approximate surface area is 111 Å². The first-order valence-corrected chi connectivity index (χ1v) is 6.67. The molecule has 0 heterocycles. The third-order valence-corrected chi connectivity index (χ3v) is 3.21. The van der Waals surface area contributed by atoms with Gasteiger partial charge in [-0.2, -0.15) is 0 Å².